The summed E-state index contributed by atoms with van der Waals surface area (Å²) in [6, 6.07) is 3.91. The van der Waals surface area contributed by atoms with Gasteiger partial charge in [-0.2, -0.15) is 8.78 Å². The van der Waals surface area contributed by atoms with E-state index in [0.717, 1.165) is 0 Å². The number of fused-ring (bicyclic) bond motifs is 1. The molecule has 0 spiro atoms. The zero-order chi connectivity index (χ0) is 22.2. The highest BCUT2D eigenvalue weighted by Crippen LogP contribution is 2.25. The Balaban J connectivity index is 0.00000256. The van der Waals surface area contributed by atoms with Gasteiger partial charge in [-0.3, -0.25) is 10.2 Å². The third-order valence-corrected chi connectivity index (χ3v) is 4.17. The molecule has 0 fully saturated rings. The summed E-state index contributed by atoms with van der Waals surface area (Å²) >= 11 is 0. The van der Waals surface area contributed by atoms with Crippen molar-refractivity contribution in [1.82, 2.24) is 19.9 Å². The number of benzene rings is 1. The van der Waals surface area contributed by atoms with E-state index in [0.29, 0.717) is 16.7 Å². The van der Waals surface area contributed by atoms with Crippen LogP contribution in [0.2, 0.25) is 0 Å². The van der Waals surface area contributed by atoms with Gasteiger partial charge in [0.25, 0.3) is 5.91 Å². The number of halogens is 2. The number of ether oxygens (including phenoxy) is 1. The van der Waals surface area contributed by atoms with E-state index >= 15 is 0 Å². The minimum atomic E-state index is -3.00. The third kappa shape index (κ3) is 4.37. The van der Waals surface area contributed by atoms with E-state index in [-0.39, 0.29) is 37.2 Å². The lowest BCUT2D eigenvalue weighted by Crippen LogP contribution is -2.40. The van der Waals surface area contributed by atoms with Gasteiger partial charge in [0.05, 0.1) is 17.5 Å². The van der Waals surface area contributed by atoms with Gasteiger partial charge in [-0.15, -0.1) is 0 Å². The second-order valence-electron chi connectivity index (χ2n) is 7.79. The highest BCUT2D eigenvalue weighted by Gasteiger charge is 2.22. The summed E-state index contributed by atoms with van der Waals surface area (Å²) in [6.07, 6.45) is 2.99. The molecular weight excluding hydrogens is 394 g/mol. The predicted molar refractivity (Wildman–Crippen MR) is 113 cm³/mol. The largest absolute Gasteiger partial charge is 0.435 e. The quantitative estimate of drug-likeness (QED) is 0.430. The molecule has 0 bridgehead atoms. The predicted octanol–water partition coefficient (Wildman–Crippen LogP) is 3.59. The van der Waals surface area contributed by atoms with Crippen LogP contribution in [-0.2, 0) is 7.05 Å². The molecule has 0 aliphatic carbocycles. The minimum Gasteiger partial charge on any atom is -0.435 e. The second kappa shape index (κ2) is 7.69. The molecule has 162 valence electrons. The average Bonchev–Trinajstić information content (AvgIpc) is 2.97. The van der Waals surface area contributed by atoms with Gasteiger partial charge in [-0.05, 0) is 39.0 Å². The van der Waals surface area contributed by atoms with Crippen molar-refractivity contribution in [2.45, 2.75) is 32.9 Å². The van der Waals surface area contributed by atoms with Crippen LogP contribution in [-0.4, -0.2) is 38.3 Å². The number of nitrogen functional groups attached to an aromatic ring is 1. The van der Waals surface area contributed by atoms with Crippen molar-refractivity contribution in [1.29, 1.82) is 5.41 Å². The molecule has 0 saturated carbocycles. The van der Waals surface area contributed by atoms with E-state index in [9.17, 15) is 13.6 Å². The highest BCUT2D eigenvalue weighted by molar-refractivity contribution is 6.14. The van der Waals surface area contributed by atoms with Crippen molar-refractivity contribution in [3.8, 4) is 5.75 Å². The maximum absolute atomic E-state index is 12.7. The van der Waals surface area contributed by atoms with Gasteiger partial charge in [-0.25, -0.2) is 9.97 Å². The fourth-order valence-electron chi connectivity index (χ4n) is 2.90. The molecule has 0 unspecified atom stereocenters. The van der Waals surface area contributed by atoms with Crippen LogP contribution in [0.25, 0.3) is 11.2 Å². The zero-order valence-corrected chi connectivity index (χ0v) is 17.0. The number of nitrogens with zero attached hydrogens (tertiary/aromatic N) is 3. The van der Waals surface area contributed by atoms with Crippen LogP contribution in [0, 0.1) is 5.41 Å². The molecule has 1 aromatic carbocycles. The minimum absolute atomic E-state index is 0. The van der Waals surface area contributed by atoms with Crippen molar-refractivity contribution in [2.75, 3.05) is 5.73 Å². The zero-order valence-electron chi connectivity index (χ0n) is 17.0. The van der Waals surface area contributed by atoms with Crippen molar-refractivity contribution >= 4 is 28.5 Å². The van der Waals surface area contributed by atoms with E-state index < -0.39 is 12.2 Å². The van der Waals surface area contributed by atoms with Crippen LogP contribution in [0.15, 0.2) is 30.6 Å². The standard InChI is InChI=1S/C20H22F2N6O2.2H2/c1-20(2,3)27-18(29)12-9-28(4)17-16(12)26-14(8-25-17)15(24)11-7-10(30-19(21)22)5-6-13(11)23;;/h5-9,19,24H,23H2,1-4H3,(H,27,29);2*1H. The number of nitrogens with one attached hydrogen (secondary N) is 2. The summed E-state index contributed by atoms with van der Waals surface area (Å²) in [6.45, 7) is 2.58. The average molecular weight is 420 g/mol. The summed E-state index contributed by atoms with van der Waals surface area (Å²) in [5.74, 6) is -0.448. The molecule has 0 aliphatic heterocycles. The fraction of sp³-hybridized carbons (Fsp3) is 0.300. The molecule has 30 heavy (non-hydrogen) atoms. The number of hydrogen-bond donors (Lipinski definition) is 3. The van der Waals surface area contributed by atoms with Crippen LogP contribution >= 0.6 is 0 Å². The first-order valence-corrected chi connectivity index (χ1v) is 9.04. The third-order valence-electron chi connectivity index (χ3n) is 4.17. The van der Waals surface area contributed by atoms with E-state index in [1.807, 2.05) is 20.8 Å². The van der Waals surface area contributed by atoms with Crippen molar-refractivity contribution in [2.24, 2.45) is 7.05 Å². The molecule has 2 aromatic heterocycles. The summed E-state index contributed by atoms with van der Waals surface area (Å²) in [4.78, 5) is 21.4. The fourth-order valence-corrected chi connectivity index (χ4v) is 2.90. The molecule has 8 nitrogen and oxygen atoms in total. The normalized spacial score (nSPS) is 11.7. The molecule has 3 aromatic rings. The van der Waals surface area contributed by atoms with Crippen molar-refractivity contribution < 1.29 is 21.2 Å². The Bertz CT molecular complexity index is 1150. The molecule has 0 atom stereocenters. The monoisotopic (exact) mass is 420 g/mol. The Hall–Kier alpha value is -3.56. The lowest BCUT2D eigenvalue weighted by molar-refractivity contribution is -0.0498. The first-order valence-electron chi connectivity index (χ1n) is 9.04. The van der Waals surface area contributed by atoms with E-state index in [2.05, 4.69) is 20.0 Å². The molecule has 0 saturated heterocycles. The van der Waals surface area contributed by atoms with Gasteiger partial charge in [0.2, 0.25) is 0 Å². The van der Waals surface area contributed by atoms with Gasteiger partial charge >= 0.3 is 6.61 Å². The van der Waals surface area contributed by atoms with Gasteiger partial charge in [0, 0.05) is 32.9 Å². The van der Waals surface area contributed by atoms with Gasteiger partial charge < -0.3 is 20.4 Å². The first-order chi connectivity index (χ1) is 14.0. The Morgan fingerprint density at radius 3 is 2.67 bits per heavy atom. The summed E-state index contributed by atoms with van der Waals surface area (Å²) in [5.41, 5.74) is 6.94. The Morgan fingerprint density at radius 2 is 2.03 bits per heavy atom. The Morgan fingerprint density at radius 1 is 1.33 bits per heavy atom. The summed E-state index contributed by atoms with van der Waals surface area (Å²) in [5, 5.41) is 11.3. The van der Waals surface area contributed by atoms with E-state index in [1.54, 1.807) is 17.8 Å². The molecule has 0 aliphatic rings. The molecular formula is C20H26F2N6O2. The van der Waals surface area contributed by atoms with Gasteiger partial charge in [0.15, 0.2) is 5.65 Å². The number of carbonyl (C=O) groups excluding carboxylic acids is 1. The SMILES string of the molecule is Cn1cc(C(=O)NC(C)(C)C)c2nc(C(=N)c3cc(OC(F)F)ccc3N)cnc21.[HH].[HH]. The number of aryl methyl sites for hydroxylation is 1. The topological polar surface area (TPSA) is 119 Å². The Kier molecular flexibility index (Phi) is 5.43. The van der Waals surface area contributed by atoms with E-state index in [1.165, 1.54) is 24.4 Å². The first kappa shape index (κ1) is 21.2. The number of hydrogen-bond acceptors (Lipinski definition) is 6. The summed E-state index contributed by atoms with van der Waals surface area (Å²) < 4.78 is 31.1. The van der Waals surface area contributed by atoms with Crippen LogP contribution in [0.5, 0.6) is 5.75 Å². The van der Waals surface area contributed by atoms with Crippen molar-refractivity contribution in [3.05, 3.63) is 47.4 Å². The number of amides is 1. The summed E-state index contributed by atoms with van der Waals surface area (Å²) in [7, 11) is 1.74. The molecule has 10 heteroatoms. The number of carbonyl (C=O) groups is 1. The molecule has 0 radical (unpaired) electrons. The lowest BCUT2D eigenvalue weighted by atomic mass is 10.0. The second-order valence-corrected chi connectivity index (χ2v) is 7.79. The lowest BCUT2D eigenvalue weighted by Gasteiger charge is -2.20. The van der Waals surface area contributed by atoms with Crippen LogP contribution in [0.3, 0.4) is 0 Å². The van der Waals surface area contributed by atoms with E-state index in [4.69, 9.17) is 11.1 Å². The number of aromatic nitrogens is 3. The van der Waals surface area contributed by atoms with Gasteiger partial charge in [-0.1, -0.05) is 0 Å². The van der Waals surface area contributed by atoms with Crippen LogP contribution in [0.1, 0.15) is 45.2 Å². The smallest absolute Gasteiger partial charge is 0.387 e. The van der Waals surface area contributed by atoms with Crippen LogP contribution in [0.4, 0.5) is 14.5 Å². The number of rotatable bonds is 5. The Labute approximate surface area is 174 Å². The van der Waals surface area contributed by atoms with Crippen LogP contribution < -0.4 is 15.8 Å². The van der Waals surface area contributed by atoms with Gasteiger partial charge in [0.1, 0.15) is 17.0 Å². The number of anilines is 1. The number of nitrogens with two attached hydrogens (primary N) is 1. The highest BCUT2D eigenvalue weighted by atomic mass is 19.3. The molecule has 2 heterocycles. The molecule has 4 N–H and O–H groups in total. The molecule has 3 rings (SSSR count). The molecule has 1 amide bonds. The number of alkyl halides is 2. The van der Waals surface area contributed by atoms with Crippen molar-refractivity contribution in [3.63, 3.8) is 0 Å². The maximum Gasteiger partial charge on any atom is 0.387 e. The maximum atomic E-state index is 12.7.